The van der Waals surface area contributed by atoms with Crippen LogP contribution in [0.4, 0.5) is 5.69 Å². The van der Waals surface area contributed by atoms with Crippen LogP contribution in [0.5, 0.6) is 5.75 Å². The van der Waals surface area contributed by atoms with Crippen LogP contribution in [0.15, 0.2) is 72.5 Å². The van der Waals surface area contributed by atoms with Crippen molar-refractivity contribution in [2.45, 2.75) is 25.5 Å². The van der Waals surface area contributed by atoms with E-state index in [1.807, 2.05) is 43.4 Å². The molecule has 0 radical (unpaired) electrons. The second-order valence-electron chi connectivity index (χ2n) is 6.61. The van der Waals surface area contributed by atoms with Gasteiger partial charge in [-0.1, -0.05) is 42.8 Å². The lowest BCUT2D eigenvalue weighted by molar-refractivity contribution is -0.141. The van der Waals surface area contributed by atoms with E-state index in [0.29, 0.717) is 34.1 Å². The van der Waals surface area contributed by atoms with Gasteiger partial charge in [0.25, 0.3) is 11.8 Å². The number of amides is 2. The van der Waals surface area contributed by atoms with Crippen LogP contribution in [0, 0.1) is 0 Å². The summed E-state index contributed by atoms with van der Waals surface area (Å²) in [6.45, 7) is 1.88. The molecule has 2 aromatic carbocycles. The number of ether oxygens (including phenoxy) is 1. The summed E-state index contributed by atoms with van der Waals surface area (Å²) in [7, 11) is 0. The molecule has 0 saturated heterocycles. The Morgan fingerprint density at radius 1 is 1.21 bits per heavy atom. The van der Waals surface area contributed by atoms with Crippen LogP contribution in [0.3, 0.4) is 0 Å². The third kappa shape index (κ3) is 3.29. The van der Waals surface area contributed by atoms with E-state index in [0.717, 1.165) is 0 Å². The molecule has 0 bridgehead atoms. The molecule has 1 heterocycles. The first kappa shape index (κ1) is 18.3. The van der Waals surface area contributed by atoms with E-state index >= 15 is 0 Å². The highest BCUT2D eigenvalue weighted by Gasteiger charge is 2.42. The Labute approximate surface area is 168 Å². The second kappa shape index (κ2) is 7.52. The summed E-state index contributed by atoms with van der Waals surface area (Å²) < 4.78 is 5.97. The molecule has 0 aromatic heterocycles. The molecule has 4 rings (SSSR count). The first-order valence-electron chi connectivity index (χ1n) is 9.12. The number of para-hydroxylation sites is 1. The maximum absolute atomic E-state index is 13.3. The fraction of sp³-hybridized carbons (Fsp3) is 0.182. The number of halogens is 1. The molecule has 2 aliphatic rings. The van der Waals surface area contributed by atoms with Crippen LogP contribution in [-0.2, 0) is 9.59 Å². The van der Waals surface area contributed by atoms with Gasteiger partial charge in [0, 0.05) is 22.0 Å². The van der Waals surface area contributed by atoms with E-state index in [1.165, 1.54) is 4.90 Å². The van der Waals surface area contributed by atoms with Crippen molar-refractivity contribution in [2.24, 2.45) is 0 Å². The zero-order valence-electron chi connectivity index (χ0n) is 15.3. The summed E-state index contributed by atoms with van der Waals surface area (Å²) in [5.41, 5.74) is 1.89. The van der Waals surface area contributed by atoms with Crippen LogP contribution in [0.25, 0.3) is 0 Å². The summed E-state index contributed by atoms with van der Waals surface area (Å²) in [6.07, 6.45) is 5.26. The topological polar surface area (TPSA) is 58.6 Å². The molecule has 0 fully saturated rings. The third-order valence-electron chi connectivity index (χ3n) is 4.78. The standard InChI is InChI=1S/C22H19ClN2O3/c1-2-18-22(27)25(16-9-6-10-16)20(17-13-14(23)11-12-19(17)28-18)21(26)24-15-7-4-3-5-8-15/h3-13,18,20H,2H2,1H3,(H,24,26). The number of carbonyl (C=O) groups is 2. The number of nitrogens with one attached hydrogen (secondary N) is 1. The second-order valence-corrected chi connectivity index (χ2v) is 7.05. The van der Waals surface area contributed by atoms with Crippen LogP contribution in [0.2, 0.25) is 5.02 Å². The predicted octanol–water partition coefficient (Wildman–Crippen LogP) is 4.47. The van der Waals surface area contributed by atoms with Crippen molar-refractivity contribution in [2.75, 3.05) is 5.32 Å². The normalized spacial score (nSPS) is 20.4. The molecule has 1 aliphatic heterocycles. The van der Waals surface area contributed by atoms with Gasteiger partial charge < -0.3 is 10.1 Å². The Hall–Kier alpha value is -3.05. The minimum Gasteiger partial charge on any atom is -0.480 e. The number of benzene rings is 2. The first-order valence-corrected chi connectivity index (χ1v) is 9.49. The summed E-state index contributed by atoms with van der Waals surface area (Å²) >= 11 is 6.22. The number of hydrogen-bond donors (Lipinski definition) is 1. The Morgan fingerprint density at radius 2 is 1.96 bits per heavy atom. The molecule has 5 nitrogen and oxygen atoms in total. The van der Waals surface area contributed by atoms with Crippen LogP contribution in [-0.4, -0.2) is 22.8 Å². The molecule has 2 unspecified atom stereocenters. The van der Waals surface area contributed by atoms with Gasteiger partial charge in [-0.25, -0.2) is 0 Å². The van der Waals surface area contributed by atoms with E-state index in [4.69, 9.17) is 16.3 Å². The first-order chi connectivity index (χ1) is 13.6. The van der Waals surface area contributed by atoms with Crippen molar-refractivity contribution >= 4 is 29.1 Å². The molecule has 2 amide bonds. The lowest BCUT2D eigenvalue weighted by atomic mass is 10.0. The molecule has 6 heteroatoms. The minimum atomic E-state index is -0.894. The lowest BCUT2D eigenvalue weighted by Gasteiger charge is -2.32. The van der Waals surface area contributed by atoms with Gasteiger partial charge in [0.15, 0.2) is 6.10 Å². The Kier molecular flexibility index (Phi) is 4.92. The lowest BCUT2D eigenvalue weighted by Crippen LogP contribution is -2.44. The summed E-state index contributed by atoms with van der Waals surface area (Å²) in [6, 6.07) is 13.3. The average Bonchev–Trinajstić information content (AvgIpc) is 2.76. The summed E-state index contributed by atoms with van der Waals surface area (Å²) in [5.74, 6) is -0.0903. The fourth-order valence-corrected chi connectivity index (χ4v) is 3.51. The Morgan fingerprint density at radius 3 is 2.61 bits per heavy atom. The van der Waals surface area contributed by atoms with Crippen molar-refractivity contribution in [3.63, 3.8) is 0 Å². The van der Waals surface area contributed by atoms with Crippen molar-refractivity contribution in [1.82, 2.24) is 4.90 Å². The van der Waals surface area contributed by atoms with Gasteiger partial charge in [-0.15, -0.1) is 0 Å². The van der Waals surface area contributed by atoms with Crippen molar-refractivity contribution in [1.29, 1.82) is 0 Å². The molecule has 142 valence electrons. The molecular formula is C22H19ClN2O3. The summed E-state index contributed by atoms with van der Waals surface area (Å²) in [5, 5.41) is 3.38. The van der Waals surface area contributed by atoms with Gasteiger partial charge in [0.2, 0.25) is 0 Å². The zero-order chi connectivity index (χ0) is 19.7. The monoisotopic (exact) mass is 394 g/mol. The molecule has 0 saturated carbocycles. The highest BCUT2D eigenvalue weighted by Crippen LogP contribution is 2.40. The summed E-state index contributed by atoms with van der Waals surface area (Å²) in [4.78, 5) is 28.1. The van der Waals surface area contributed by atoms with E-state index in [9.17, 15) is 9.59 Å². The van der Waals surface area contributed by atoms with Crippen LogP contribution >= 0.6 is 11.6 Å². The SMILES string of the molecule is CCC1Oc2ccc(Cl)cc2C(C(=O)Nc2ccccc2)N(C2=CC=C2)C1=O. The van der Waals surface area contributed by atoms with E-state index in [-0.39, 0.29) is 11.8 Å². The number of allylic oxidation sites excluding steroid dienone is 3. The maximum atomic E-state index is 13.3. The average molecular weight is 395 g/mol. The van der Waals surface area contributed by atoms with E-state index < -0.39 is 12.1 Å². The third-order valence-corrected chi connectivity index (χ3v) is 5.01. The number of fused-ring (bicyclic) bond motifs is 1. The minimum absolute atomic E-state index is 0.251. The van der Waals surface area contributed by atoms with Gasteiger partial charge in [-0.2, -0.15) is 0 Å². The molecule has 2 aromatic rings. The van der Waals surface area contributed by atoms with E-state index in [1.54, 1.807) is 30.3 Å². The van der Waals surface area contributed by atoms with Crippen LogP contribution in [0.1, 0.15) is 24.9 Å². The Bertz CT molecular complexity index is 985. The smallest absolute Gasteiger partial charge is 0.269 e. The van der Waals surface area contributed by atoms with Crippen molar-refractivity contribution < 1.29 is 14.3 Å². The molecule has 1 N–H and O–H groups in total. The largest absolute Gasteiger partial charge is 0.480 e. The highest BCUT2D eigenvalue weighted by molar-refractivity contribution is 6.30. The molecule has 1 aliphatic carbocycles. The number of carbonyl (C=O) groups excluding carboxylic acids is 2. The predicted molar refractivity (Wildman–Crippen MR) is 108 cm³/mol. The van der Waals surface area contributed by atoms with Crippen LogP contribution < -0.4 is 10.1 Å². The molecular weight excluding hydrogens is 376 g/mol. The van der Waals surface area contributed by atoms with Gasteiger partial charge in [0.05, 0.1) is 0 Å². The van der Waals surface area contributed by atoms with Gasteiger partial charge in [-0.05, 0) is 48.9 Å². The van der Waals surface area contributed by atoms with Gasteiger partial charge in [0.1, 0.15) is 11.8 Å². The zero-order valence-corrected chi connectivity index (χ0v) is 16.0. The van der Waals surface area contributed by atoms with E-state index in [2.05, 4.69) is 5.32 Å². The van der Waals surface area contributed by atoms with Crippen molar-refractivity contribution in [3.05, 3.63) is 83.0 Å². The molecule has 0 spiro atoms. The number of nitrogens with zero attached hydrogens (tertiary/aromatic N) is 1. The highest BCUT2D eigenvalue weighted by atomic mass is 35.5. The quantitative estimate of drug-likeness (QED) is 0.832. The molecule has 28 heavy (non-hydrogen) atoms. The molecule has 2 atom stereocenters. The maximum Gasteiger partial charge on any atom is 0.269 e. The van der Waals surface area contributed by atoms with Gasteiger partial charge >= 0.3 is 0 Å². The number of anilines is 1. The number of rotatable bonds is 4. The van der Waals surface area contributed by atoms with Gasteiger partial charge in [-0.3, -0.25) is 14.5 Å². The fourth-order valence-electron chi connectivity index (χ4n) is 3.33. The van der Waals surface area contributed by atoms with Crippen molar-refractivity contribution in [3.8, 4) is 5.75 Å². The Balaban J connectivity index is 1.82. The number of hydrogen-bond acceptors (Lipinski definition) is 3.